The fraction of sp³-hybridized carbons (Fsp3) is 0.316. The lowest BCUT2D eigenvalue weighted by molar-refractivity contribution is 0.261. The molecule has 4 rings (SSSR count). The second-order valence-electron chi connectivity index (χ2n) is 6.65. The highest BCUT2D eigenvalue weighted by Crippen LogP contribution is 2.26. The number of benzene rings is 1. The van der Waals surface area contributed by atoms with Gasteiger partial charge in [0.25, 0.3) is 5.89 Å². The van der Waals surface area contributed by atoms with E-state index in [2.05, 4.69) is 15.1 Å². The van der Waals surface area contributed by atoms with Gasteiger partial charge in [0.15, 0.2) is 5.82 Å². The zero-order valence-electron chi connectivity index (χ0n) is 14.7. The van der Waals surface area contributed by atoms with Crippen LogP contribution in [0.4, 0.5) is 0 Å². The van der Waals surface area contributed by atoms with E-state index in [-0.39, 0.29) is 5.92 Å². The monoisotopic (exact) mass is 384 g/mol. The van der Waals surface area contributed by atoms with Gasteiger partial charge in [-0.15, -0.1) is 0 Å². The molecule has 3 aromatic rings. The van der Waals surface area contributed by atoms with Gasteiger partial charge in [0.05, 0.1) is 10.5 Å². The molecule has 8 heteroatoms. The summed E-state index contributed by atoms with van der Waals surface area (Å²) in [5.74, 6) is 1.19. The molecular weight excluding hydrogens is 364 g/mol. The van der Waals surface area contributed by atoms with Crippen LogP contribution in [0.15, 0.2) is 64.3 Å². The minimum Gasteiger partial charge on any atom is -0.334 e. The van der Waals surface area contributed by atoms with E-state index in [1.54, 1.807) is 41.0 Å². The van der Waals surface area contributed by atoms with E-state index < -0.39 is 10.0 Å². The topological polar surface area (TPSA) is 89.2 Å². The van der Waals surface area contributed by atoms with Crippen molar-refractivity contribution in [2.24, 2.45) is 5.92 Å². The van der Waals surface area contributed by atoms with Crippen molar-refractivity contribution in [1.82, 2.24) is 19.4 Å². The lowest BCUT2D eigenvalue weighted by atomic mass is 9.96. The third kappa shape index (κ3) is 3.91. The molecule has 1 atom stereocenters. The van der Waals surface area contributed by atoms with E-state index in [0.717, 1.165) is 18.4 Å². The van der Waals surface area contributed by atoms with Crippen LogP contribution in [0.25, 0.3) is 11.5 Å². The van der Waals surface area contributed by atoms with Crippen molar-refractivity contribution in [2.75, 3.05) is 13.1 Å². The zero-order valence-corrected chi connectivity index (χ0v) is 15.5. The molecule has 7 nitrogen and oxygen atoms in total. The summed E-state index contributed by atoms with van der Waals surface area (Å²) in [6.07, 6.45) is 5.71. The van der Waals surface area contributed by atoms with E-state index >= 15 is 0 Å². The molecule has 1 aliphatic heterocycles. The van der Waals surface area contributed by atoms with E-state index in [1.807, 2.05) is 18.2 Å². The molecule has 0 saturated carbocycles. The molecule has 27 heavy (non-hydrogen) atoms. The summed E-state index contributed by atoms with van der Waals surface area (Å²) in [6.45, 7) is 1.01. The summed E-state index contributed by atoms with van der Waals surface area (Å²) >= 11 is 0. The number of hydrogen-bond acceptors (Lipinski definition) is 6. The largest absolute Gasteiger partial charge is 0.334 e. The number of pyridine rings is 1. The summed E-state index contributed by atoms with van der Waals surface area (Å²) in [5, 5.41) is 4.05. The molecule has 0 aliphatic carbocycles. The predicted octanol–water partition coefficient (Wildman–Crippen LogP) is 2.78. The first kappa shape index (κ1) is 17.8. The van der Waals surface area contributed by atoms with Crippen LogP contribution in [0, 0.1) is 5.92 Å². The van der Waals surface area contributed by atoms with Gasteiger partial charge in [-0.2, -0.15) is 9.29 Å². The molecule has 2 aromatic heterocycles. The van der Waals surface area contributed by atoms with Crippen molar-refractivity contribution in [3.05, 3.63) is 60.7 Å². The number of rotatable bonds is 5. The predicted molar refractivity (Wildman–Crippen MR) is 99.2 cm³/mol. The normalized spacial score (nSPS) is 18.4. The van der Waals surface area contributed by atoms with Crippen LogP contribution in [0.1, 0.15) is 18.7 Å². The maximum atomic E-state index is 12.8. The summed E-state index contributed by atoms with van der Waals surface area (Å²) in [6, 6.07) is 12.2. The summed E-state index contributed by atoms with van der Waals surface area (Å²) < 4.78 is 32.6. The van der Waals surface area contributed by atoms with E-state index in [0.29, 0.717) is 36.1 Å². The first-order valence-electron chi connectivity index (χ1n) is 8.91. The highest BCUT2D eigenvalue weighted by molar-refractivity contribution is 7.89. The molecule has 1 fully saturated rings. The Hall–Kier alpha value is -2.58. The van der Waals surface area contributed by atoms with E-state index in [1.165, 1.54) is 0 Å². The van der Waals surface area contributed by atoms with E-state index in [4.69, 9.17) is 4.52 Å². The molecule has 0 N–H and O–H groups in total. The Morgan fingerprint density at radius 3 is 2.78 bits per heavy atom. The van der Waals surface area contributed by atoms with Gasteiger partial charge in [-0.25, -0.2) is 8.42 Å². The first-order valence-corrected chi connectivity index (χ1v) is 10.3. The molecule has 140 valence electrons. The van der Waals surface area contributed by atoms with Crippen LogP contribution in [-0.2, 0) is 16.4 Å². The number of hydrogen-bond donors (Lipinski definition) is 0. The van der Waals surface area contributed by atoms with Crippen LogP contribution in [0.3, 0.4) is 0 Å². The van der Waals surface area contributed by atoms with Gasteiger partial charge < -0.3 is 4.52 Å². The minimum absolute atomic E-state index is 0.164. The molecule has 1 unspecified atom stereocenters. The molecule has 0 amide bonds. The number of sulfonamides is 1. The van der Waals surface area contributed by atoms with Crippen LogP contribution in [0.2, 0.25) is 0 Å². The smallest absolute Gasteiger partial charge is 0.259 e. The van der Waals surface area contributed by atoms with Crippen molar-refractivity contribution >= 4 is 10.0 Å². The summed E-state index contributed by atoms with van der Waals surface area (Å²) in [4.78, 5) is 8.82. The second-order valence-corrected chi connectivity index (χ2v) is 8.58. The van der Waals surface area contributed by atoms with Gasteiger partial charge in [0.1, 0.15) is 0 Å². The van der Waals surface area contributed by atoms with Gasteiger partial charge in [-0.1, -0.05) is 23.4 Å². The molecule has 0 bridgehead atoms. The summed E-state index contributed by atoms with van der Waals surface area (Å²) in [5.41, 5.74) is 0.771. The second kappa shape index (κ2) is 7.58. The Balaban J connectivity index is 1.46. The molecule has 3 heterocycles. The minimum atomic E-state index is -3.46. The van der Waals surface area contributed by atoms with Crippen LogP contribution in [-0.4, -0.2) is 40.9 Å². The van der Waals surface area contributed by atoms with Gasteiger partial charge in [-0.3, -0.25) is 4.98 Å². The zero-order chi connectivity index (χ0) is 18.7. The fourth-order valence-electron chi connectivity index (χ4n) is 3.35. The van der Waals surface area contributed by atoms with Crippen LogP contribution < -0.4 is 0 Å². The molecular formula is C19H20N4O3S. The third-order valence-corrected chi connectivity index (χ3v) is 6.59. The molecule has 1 aromatic carbocycles. The quantitative estimate of drug-likeness (QED) is 0.672. The highest BCUT2D eigenvalue weighted by Gasteiger charge is 2.30. The molecule has 1 saturated heterocycles. The van der Waals surface area contributed by atoms with Crippen molar-refractivity contribution in [2.45, 2.75) is 24.2 Å². The average molecular weight is 384 g/mol. The Morgan fingerprint density at radius 1 is 1.15 bits per heavy atom. The fourth-order valence-corrected chi connectivity index (χ4v) is 4.93. The lowest BCUT2D eigenvalue weighted by Gasteiger charge is -2.31. The van der Waals surface area contributed by atoms with Gasteiger partial charge in [0, 0.05) is 31.9 Å². The van der Waals surface area contributed by atoms with Gasteiger partial charge in [-0.05, 0) is 43.0 Å². The van der Waals surface area contributed by atoms with E-state index in [9.17, 15) is 8.42 Å². The Morgan fingerprint density at radius 2 is 2.00 bits per heavy atom. The van der Waals surface area contributed by atoms with Crippen molar-refractivity contribution in [1.29, 1.82) is 0 Å². The molecule has 0 radical (unpaired) electrons. The van der Waals surface area contributed by atoms with Gasteiger partial charge in [0.2, 0.25) is 10.0 Å². The van der Waals surface area contributed by atoms with Crippen LogP contribution in [0.5, 0.6) is 0 Å². The maximum absolute atomic E-state index is 12.8. The number of piperidine rings is 1. The number of nitrogens with zero attached hydrogens (tertiary/aromatic N) is 4. The van der Waals surface area contributed by atoms with Crippen molar-refractivity contribution < 1.29 is 12.9 Å². The maximum Gasteiger partial charge on any atom is 0.259 e. The Bertz CT molecular complexity index is 990. The Kier molecular flexibility index (Phi) is 5.00. The third-order valence-electron chi connectivity index (χ3n) is 4.71. The standard InChI is InChI=1S/C19H20N4O3S/c24-27(25,17-8-2-1-3-9-17)23-11-5-6-15(14-23)12-18-21-19(26-22-18)16-7-4-10-20-13-16/h1-4,7-10,13,15H,5-6,11-12,14H2. The van der Waals surface area contributed by atoms with Crippen molar-refractivity contribution in [3.63, 3.8) is 0 Å². The highest BCUT2D eigenvalue weighted by atomic mass is 32.2. The lowest BCUT2D eigenvalue weighted by Crippen LogP contribution is -2.40. The number of aromatic nitrogens is 3. The first-order chi connectivity index (χ1) is 13.1. The summed E-state index contributed by atoms with van der Waals surface area (Å²) in [7, 11) is -3.46. The van der Waals surface area contributed by atoms with Crippen molar-refractivity contribution in [3.8, 4) is 11.5 Å². The van der Waals surface area contributed by atoms with Crippen LogP contribution >= 0.6 is 0 Å². The average Bonchev–Trinajstić information content (AvgIpc) is 3.18. The SMILES string of the molecule is O=S(=O)(c1ccccc1)N1CCCC(Cc2noc(-c3cccnc3)n2)C1. The molecule has 0 spiro atoms. The van der Waals surface area contributed by atoms with Gasteiger partial charge >= 0.3 is 0 Å². The molecule has 1 aliphatic rings. The Labute approximate surface area is 158 Å².